The number of pyridine rings is 1. The zero-order chi connectivity index (χ0) is 12.4. The van der Waals surface area contributed by atoms with Gasteiger partial charge in [0.2, 0.25) is 0 Å². The van der Waals surface area contributed by atoms with Gasteiger partial charge in [-0.15, -0.1) is 0 Å². The molecule has 0 atom stereocenters. The largest absolute Gasteiger partial charge is 0.362 e. The fourth-order valence-electron chi connectivity index (χ4n) is 2.04. The van der Waals surface area contributed by atoms with E-state index < -0.39 is 0 Å². The Morgan fingerprint density at radius 2 is 2.00 bits per heavy atom. The Morgan fingerprint density at radius 3 is 2.65 bits per heavy atom. The molecule has 1 aromatic carbocycles. The molecule has 1 heterocycles. The highest BCUT2D eigenvalue weighted by molar-refractivity contribution is 5.82. The number of anilines is 1. The summed E-state index contributed by atoms with van der Waals surface area (Å²) in [7, 11) is 4.04. The third-order valence-electron chi connectivity index (χ3n) is 2.87. The summed E-state index contributed by atoms with van der Waals surface area (Å²) in [6.45, 7) is 2.74. The molecule has 2 N–H and O–H groups in total. The van der Waals surface area contributed by atoms with Gasteiger partial charge in [-0.05, 0) is 43.1 Å². The number of rotatable bonds is 3. The van der Waals surface area contributed by atoms with Gasteiger partial charge in [-0.2, -0.15) is 0 Å². The molecule has 0 saturated carbocycles. The van der Waals surface area contributed by atoms with Crippen LogP contribution in [0.25, 0.3) is 10.9 Å². The van der Waals surface area contributed by atoms with Gasteiger partial charge in [0.1, 0.15) is 5.82 Å². The van der Waals surface area contributed by atoms with Crippen LogP contribution in [0.5, 0.6) is 0 Å². The van der Waals surface area contributed by atoms with Gasteiger partial charge in [-0.1, -0.05) is 12.1 Å². The molecule has 3 nitrogen and oxygen atoms in total. The molecule has 0 spiro atoms. The number of fused-ring (bicyclic) bond motifs is 1. The van der Waals surface area contributed by atoms with Crippen molar-refractivity contribution in [3.05, 3.63) is 35.4 Å². The Balaban J connectivity index is 2.63. The van der Waals surface area contributed by atoms with Gasteiger partial charge < -0.3 is 10.6 Å². The lowest BCUT2D eigenvalue weighted by Gasteiger charge is -2.17. The van der Waals surface area contributed by atoms with Gasteiger partial charge in [-0.25, -0.2) is 4.98 Å². The lowest BCUT2D eigenvalue weighted by Crippen LogP contribution is -2.15. The monoisotopic (exact) mass is 229 g/mol. The fourth-order valence-corrected chi connectivity index (χ4v) is 2.04. The van der Waals surface area contributed by atoms with Crippen LogP contribution in [-0.2, 0) is 6.42 Å². The van der Waals surface area contributed by atoms with Crippen LogP contribution in [0.2, 0.25) is 0 Å². The summed E-state index contributed by atoms with van der Waals surface area (Å²) in [4.78, 5) is 6.77. The van der Waals surface area contributed by atoms with Crippen molar-refractivity contribution in [3.63, 3.8) is 0 Å². The van der Waals surface area contributed by atoms with E-state index in [4.69, 9.17) is 10.7 Å². The van der Waals surface area contributed by atoms with Crippen LogP contribution in [0.4, 0.5) is 5.82 Å². The summed E-state index contributed by atoms with van der Waals surface area (Å²) in [6, 6.07) is 8.56. The van der Waals surface area contributed by atoms with E-state index in [1.54, 1.807) is 0 Å². The molecule has 17 heavy (non-hydrogen) atoms. The molecule has 0 unspecified atom stereocenters. The Kier molecular flexibility index (Phi) is 3.29. The van der Waals surface area contributed by atoms with Gasteiger partial charge in [0.25, 0.3) is 0 Å². The van der Waals surface area contributed by atoms with Crippen molar-refractivity contribution in [2.75, 3.05) is 25.5 Å². The second kappa shape index (κ2) is 4.72. The van der Waals surface area contributed by atoms with Gasteiger partial charge in [0.05, 0.1) is 5.52 Å². The van der Waals surface area contributed by atoms with Crippen LogP contribution in [0.3, 0.4) is 0 Å². The molecule has 3 heteroatoms. The first-order valence-electron chi connectivity index (χ1n) is 5.89. The van der Waals surface area contributed by atoms with Crippen LogP contribution in [-0.4, -0.2) is 25.6 Å². The van der Waals surface area contributed by atoms with Crippen molar-refractivity contribution in [2.45, 2.75) is 13.3 Å². The maximum absolute atomic E-state index is 5.65. The van der Waals surface area contributed by atoms with Crippen molar-refractivity contribution >= 4 is 16.7 Å². The van der Waals surface area contributed by atoms with Crippen molar-refractivity contribution in [3.8, 4) is 0 Å². The van der Waals surface area contributed by atoms with E-state index in [2.05, 4.69) is 31.2 Å². The average molecular weight is 229 g/mol. The number of hydrogen-bond acceptors (Lipinski definition) is 3. The highest BCUT2D eigenvalue weighted by atomic mass is 15.1. The summed E-state index contributed by atoms with van der Waals surface area (Å²) in [5.74, 6) is 1.02. The number of nitrogens with zero attached hydrogens (tertiary/aromatic N) is 2. The maximum atomic E-state index is 5.65. The zero-order valence-electron chi connectivity index (χ0n) is 10.7. The number of hydrogen-bond donors (Lipinski definition) is 1. The number of benzene rings is 1. The van der Waals surface area contributed by atoms with E-state index in [9.17, 15) is 0 Å². The molecule has 0 aliphatic carbocycles. The smallest absolute Gasteiger partial charge is 0.132 e. The van der Waals surface area contributed by atoms with Crippen LogP contribution >= 0.6 is 0 Å². The SMILES string of the molecule is Cc1ccc2cc(CCN)c(N(C)C)nc2c1. The van der Waals surface area contributed by atoms with E-state index >= 15 is 0 Å². The molecule has 0 aliphatic heterocycles. The molecule has 0 amide bonds. The number of aromatic nitrogens is 1. The molecule has 2 rings (SSSR count). The third-order valence-corrected chi connectivity index (χ3v) is 2.87. The second-order valence-corrected chi connectivity index (χ2v) is 4.60. The molecule has 0 radical (unpaired) electrons. The van der Waals surface area contributed by atoms with E-state index in [0.29, 0.717) is 6.54 Å². The molecule has 2 aromatic rings. The topological polar surface area (TPSA) is 42.1 Å². The average Bonchev–Trinajstić information content (AvgIpc) is 2.28. The third kappa shape index (κ3) is 2.39. The van der Waals surface area contributed by atoms with Gasteiger partial charge >= 0.3 is 0 Å². The van der Waals surface area contributed by atoms with E-state index in [1.807, 2.05) is 19.0 Å². The second-order valence-electron chi connectivity index (χ2n) is 4.60. The minimum Gasteiger partial charge on any atom is -0.362 e. The minimum absolute atomic E-state index is 0.653. The van der Waals surface area contributed by atoms with Gasteiger partial charge in [-0.3, -0.25) is 0 Å². The van der Waals surface area contributed by atoms with Gasteiger partial charge in [0.15, 0.2) is 0 Å². The molecule has 1 aromatic heterocycles. The fraction of sp³-hybridized carbons (Fsp3) is 0.357. The van der Waals surface area contributed by atoms with Gasteiger partial charge in [0, 0.05) is 19.5 Å². The predicted octanol–water partition coefficient (Wildman–Crippen LogP) is 2.11. The lowest BCUT2D eigenvalue weighted by atomic mass is 10.1. The Bertz CT molecular complexity index is 532. The first-order valence-corrected chi connectivity index (χ1v) is 5.89. The van der Waals surface area contributed by atoms with Crippen molar-refractivity contribution in [2.24, 2.45) is 5.73 Å². The molecule has 90 valence electrons. The van der Waals surface area contributed by atoms with E-state index in [1.165, 1.54) is 16.5 Å². The summed E-state index contributed by atoms with van der Waals surface area (Å²) >= 11 is 0. The van der Waals surface area contributed by atoms with Crippen molar-refractivity contribution in [1.29, 1.82) is 0 Å². The maximum Gasteiger partial charge on any atom is 0.132 e. The van der Waals surface area contributed by atoms with E-state index in [-0.39, 0.29) is 0 Å². The van der Waals surface area contributed by atoms with Crippen molar-refractivity contribution in [1.82, 2.24) is 4.98 Å². The van der Waals surface area contributed by atoms with Crippen LogP contribution in [0.1, 0.15) is 11.1 Å². The predicted molar refractivity (Wildman–Crippen MR) is 73.6 cm³/mol. The number of nitrogens with two attached hydrogens (primary N) is 1. The first kappa shape index (κ1) is 11.9. The Labute approximate surface area is 102 Å². The van der Waals surface area contributed by atoms with Crippen molar-refractivity contribution < 1.29 is 0 Å². The molecule has 0 saturated heterocycles. The van der Waals surface area contributed by atoms with Crippen LogP contribution in [0, 0.1) is 6.92 Å². The molecular weight excluding hydrogens is 210 g/mol. The Morgan fingerprint density at radius 1 is 1.24 bits per heavy atom. The highest BCUT2D eigenvalue weighted by Gasteiger charge is 2.08. The highest BCUT2D eigenvalue weighted by Crippen LogP contribution is 2.23. The minimum atomic E-state index is 0.653. The van der Waals surface area contributed by atoms with Crippen LogP contribution < -0.4 is 10.6 Å². The summed E-state index contributed by atoms with van der Waals surface area (Å²) < 4.78 is 0. The number of aryl methyl sites for hydroxylation is 1. The molecular formula is C14H19N3. The standard InChI is InChI=1S/C14H19N3/c1-10-4-5-11-9-12(6-7-15)14(17(2)3)16-13(11)8-10/h4-5,8-9H,6-7,15H2,1-3H3. The zero-order valence-corrected chi connectivity index (χ0v) is 10.7. The van der Waals surface area contributed by atoms with E-state index in [0.717, 1.165) is 17.8 Å². The molecule has 0 fully saturated rings. The lowest BCUT2D eigenvalue weighted by molar-refractivity contribution is 0.942. The quantitative estimate of drug-likeness (QED) is 0.876. The normalized spacial score (nSPS) is 10.8. The molecule has 0 aliphatic rings. The van der Waals surface area contributed by atoms with Crippen LogP contribution in [0.15, 0.2) is 24.3 Å². The summed E-state index contributed by atoms with van der Waals surface area (Å²) in [6.07, 6.45) is 0.865. The summed E-state index contributed by atoms with van der Waals surface area (Å²) in [5.41, 5.74) is 9.16. The summed E-state index contributed by atoms with van der Waals surface area (Å²) in [5, 5.41) is 1.18. The Hall–Kier alpha value is -1.61. The molecule has 0 bridgehead atoms. The first-order chi connectivity index (χ1) is 8.11.